The average molecular weight is 480 g/mol. The first-order valence-corrected chi connectivity index (χ1v) is 11.7. The largest absolute Gasteiger partial charge is 0.374 e. The lowest BCUT2D eigenvalue weighted by Gasteiger charge is -2.28. The van der Waals surface area contributed by atoms with Crippen molar-refractivity contribution in [3.8, 4) is 23.3 Å². The Morgan fingerprint density at radius 1 is 1.19 bits per heavy atom. The zero-order valence-electron chi connectivity index (χ0n) is 20.3. The molecule has 2 aliphatic heterocycles. The molecule has 9 heteroatoms. The van der Waals surface area contributed by atoms with Crippen LogP contribution in [0.15, 0.2) is 42.9 Å². The first-order chi connectivity index (χ1) is 17.3. The lowest BCUT2D eigenvalue weighted by molar-refractivity contribution is 0.0988. The number of carbonyl (C=O) groups is 1. The molecule has 1 amide bonds. The zero-order valence-corrected chi connectivity index (χ0v) is 20.3. The first kappa shape index (κ1) is 23.4. The van der Waals surface area contributed by atoms with Crippen molar-refractivity contribution in [1.29, 1.82) is 10.5 Å². The molecule has 5 rings (SSSR count). The number of morpholine rings is 1. The van der Waals surface area contributed by atoms with Crippen molar-refractivity contribution in [3.05, 3.63) is 65.4 Å². The Hall–Kier alpha value is -4.34. The average Bonchev–Trinajstić information content (AvgIpc) is 3.53. The van der Waals surface area contributed by atoms with Crippen LogP contribution >= 0.6 is 0 Å². The summed E-state index contributed by atoms with van der Waals surface area (Å²) >= 11 is 0. The van der Waals surface area contributed by atoms with E-state index in [4.69, 9.17) is 4.74 Å². The standard InChI is InChI=1S/C27H25N7O2/c1-16-23(19-6-18(10-28)25(32-11-19)34-13-22-9-21(34)14-36-22)8-20(12-31-16)33-26(35)17-4-5-30-24(7-17)27(2,3)15-29/h4-8,11-12,21-22H,9,13-14H2,1-3H3,(H,33,35)/t21-,22-/m1/s1. The maximum atomic E-state index is 12.9. The second-order valence-electron chi connectivity index (χ2n) is 9.68. The van der Waals surface area contributed by atoms with Crippen molar-refractivity contribution in [1.82, 2.24) is 15.0 Å². The summed E-state index contributed by atoms with van der Waals surface area (Å²) in [6.07, 6.45) is 6.03. The van der Waals surface area contributed by atoms with Gasteiger partial charge >= 0.3 is 0 Å². The summed E-state index contributed by atoms with van der Waals surface area (Å²) in [6, 6.07) is 11.6. The molecule has 180 valence electrons. The fraction of sp³-hybridized carbons (Fsp3) is 0.333. The lowest BCUT2D eigenvalue weighted by Crippen LogP contribution is -2.38. The maximum Gasteiger partial charge on any atom is 0.255 e. The molecule has 3 aromatic rings. The van der Waals surface area contributed by atoms with E-state index in [1.54, 1.807) is 38.4 Å². The minimum atomic E-state index is -0.811. The van der Waals surface area contributed by atoms with Gasteiger partial charge in [0.2, 0.25) is 0 Å². The summed E-state index contributed by atoms with van der Waals surface area (Å²) in [5, 5.41) is 22.1. The molecule has 3 aromatic heterocycles. The molecule has 36 heavy (non-hydrogen) atoms. The van der Waals surface area contributed by atoms with E-state index in [0.29, 0.717) is 34.9 Å². The minimum absolute atomic E-state index is 0.206. The smallest absolute Gasteiger partial charge is 0.255 e. The van der Waals surface area contributed by atoms with Gasteiger partial charge in [0.1, 0.15) is 11.9 Å². The van der Waals surface area contributed by atoms with Gasteiger partial charge in [-0.2, -0.15) is 10.5 Å². The van der Waals surface area contributed by atoms with Crippen molar-refractivity contribution in [3.63, 3.8) is 0 Å². The van der Waals surface area contributed by atoms with Crippen LogP contribution in [-0.4, -0.2) is 46.2 Å². The molecule has 2 bridgehead atoms. The van der Waals surface area contributed by atoms with Gasteiger partial charge in [0.15, 0.2) is 0 Å². The van der Waals surface area contributed by atoms with Gasteiger partial charge in [0, 0.05) is 41.3 Å². The van der Waals surface area contributed by atoms with Gasteiger partial charge in [-0.25, -0.2) is 4.98 Å². The van der Waals surface area contributed by atoms with Gasteiger partial charge in [0.25, 0.3) is 5.91 Å². The van der Waals surface area contributed by atoms with E-state index in [1.165, 1.54) is 6.20 Å². The Labute approximate surface area is 209 Å². The van der Waals surface area contributed by atoms with E-state index in [9.17, 15) is 15.3 Å². The highest BCUT2D eigenvalue weighted by molar-refractivity contribution is 6.04. The molecular weight excluding hydrogens is 454 g/mol. The lowest BCUT2D eigenvalue weighted by atomic mass is 9.90. The number of hydrogen-bond acceptors (Lipinski definition) is 8. The topological polar surface area (TPSA) is 128 Å². The zero-order chi connectivity index (χ0) is 25.4. The van der Waals surface area contributed by atoms with E-state index in [-0.39, 0.29) is 18.1 Å². The third-order valence-corrected chi connectivity index (χ3v) is 6.76. The van der Waals surface area contributed by atoms with E-state index in [1.807, 2.05) is 19.1 Å². The van der Waals surface area contributed by atoms with Crippen LogP contribution in [0.2, 0.25) is 0 Å². The van der Waals surface area contributed by atoms with E-state index in [0.717, 1.165) is 29.8 Å². The van der Waals surface area contributed by atoms with Gasteiger partial charge in [-0.1, -0.05) is 0 Å². The highest BCUT2D eigenvalue weighted by Gasteiger charge is 2.40. The van der Waals surface area contributed by atoms with Crippen molar-refractivity contribution < 1.29 is 9.53 Å². The van der Waals surface area contributed by atoms with Crippen molar-refractivity contribution in [2.75, 3.05) is 23.4 Å². The van der Waals surface area contributed by atoms with Crippen LogP contribution in [0.3, 0.4) is 0 Å². The molecule has 0 unspecified atom stereocenters. The van der Waals surface area contributed by atoms with Gasteiger partial charge in [-0.05, 0) is 51.5 Å². The molecule has 0 aromatic carbocycles. The molecule has 2 saturated heterocycles. The monoisotopic (exact) mass is 479 g/mol. The number of nitriles is 2. The van der Waals surface area contributed by atoms with Gasteiger partial charge in [-0.15, -0.1) is 0 Å². The van der Waals surface area contributed by atoms with Gasteiger partial charge in [-0.3, -0.25) is 14.8 Å². The molecule has 0 saturated carbocycles. The molecule has 1 N–H and O–H groups in total. The Bertz CT molecular complexity index is 1440. The third kappa shape index (κ3) is 4.26. The number of aromatic nitrogens is 3. The maximum absolute atomic E-state index is 12.9. The van der Waals surface area contributed by atoms with Gasteiger partial charge in [0.05, 0.1) is 53.4 Å². The van der Waals surface area contributed by atoms with Gasteiger partial charge < -0.3 is 15.0 Å². The molecule has 2 atom stereocenters. The quantitative estimate of drug-likeness (QED) is 0.586. The van der Waals surface area contributed by atoms with Crippen LogP contribution in [0.25, 0.3) is 11.1 Å². The fourth-order valence-corrected chi connectivity index (χ4v) is 4.64. The second-order valence-corrected chi connectivity index (χ2v) is 9.68. The molecule has 9 nitrogen and oxygen atoms in total. The highest BCUT2D eigenvalue weighted by Crippen LogP contribution is 2.35. The summed E-state index contributed by atoms with van der Waals surface area (Å²) in [6.45, 7) is 6.79. The SMILES string of the molecule is Cc1ncc(NC(=O)c2ccnc(C(C)(C)C#N)c2)cc1-c1cnc(N2C[C@H]3C[C@@H]2CO3)c(C#N)c1. The molecule has 0 spiro atoms. The van der Waals surface area contributed by atoms with Crippen LogP contribution < -0.4 is 10.2 Å². The Morgan fingerprint density at radius 2 is 2.03 bits per heavy atom. The number of hydrogen-bond donors (Lipinski definition) is 1. The number of pyridine rings is 3. The number of ether oxygens (including phenoxy) is 1. The van der Waals surface area contributed by atoms with Crippen LogP contribution in [-0.2, 0) is 10.2 Å². The number of anilines is 2. The fourth-order valence-electron chi connectivity index (χ4n) is 4.64. The number of nitrogens with one attached hydrogen (secondary N) is 1. The molecule has 0 radical (unpaired) electrons. The van der Waals surface area contributed by atoms with Crippen LogP contribution in [0, 0.1) is 29.6 Å². The molecule has 2 aliphatic rings. The summed E-state index contributed by atoms with van der Waals surface area (Å²) in [4.78, 5) is 28.4. The number of aryl methyl sites for hydroxylation is 1. The summed E-state index contributed by atoms with van der Waals surface area (Å²) < 4.78 is 5.68. The molecule has 5 heterocycles. The molecule has 0 aliphatic carbocycles. The number of rotatable bonds is 5. The van der Waals surface area contributed by atoms with E-state index in [2.05, 4.69) is 37.3 Å². The molecular formula is C27H25N7O2. The molecule has 2 fully saturated rings. The van der Waals surface area contributed by atoms with Crippen LogP contribution in [0.1, 0.15) is 47.6 Å². The summed E-state index contributed by atoms with van der Waals surface area (Å²) in [7, 11) is 0. The predicted molar refractivity (Wildman–Crippen MR) is 133 cm³/mol. The Balaban J connectivity index is 1.41. The van der Waals surface area contributed by atoms with Crippen molar-refractivity contribution >= 4 is 17.4 Å². The second kappa shape index (κ2) is 9.03. The number of fused-ring (bicyclic) bond motifs is 2. The number of amides is 1. The van der Waals surface area contributed by atoms with Crippen molar-refractivity contribution in [2.24, 2.45) is 0 Å². The van der Waals surface area contributed by atoms with Crippen LogP contribution in [0.4, 0.5) is 11.5 Å². The Kier molecular flexibility index (Phi) is 5.87. The number of nitrogens with zero attached hydrogens (tertiary/aromatic N) is 6. The van der Waals surface area contributed by atoms with E-state index >= 15 is 0 Å². The third-order valence-electron chi connectivity index (χ3n) is 6.76. The summed E-state index contributed by atoms with van der Waals surface area (Å²) in [5.41, 5.74) is 3.39. The summed E-state index contributed by atoms with van der Waals surface area (Å²) in [5.74, 6) is 0.349. The number of carbonyl (C=O) groups excluding carboxylic acids is 1. The van der Waals surface area contributed by atoms with E-state index < -0.39 is 5.41 Å². The van der Waals surface area contributed by atoms with Crippen molar-refractivity contribution in [2.45, 2.75) is 44.8 Å². The Morgan fingerprint density at radius 3 is 2.72 bits per heavy atom. The van der Waals surface area contributed by atoms with Crippen LogP contribution in [0.5, 0.6) is 0 Å². The predicted octanol–water partition coefficient (Wildman–Crippen LogP) is 3.75. The first-order valence-electron chi connectivity index (χ1n) is 11.7. The highest BCUT2D eigenvalue weighted by atomic mass is 16.5. The minimum Gasteiger partial charge on any atom is -0.374 e. The normalized spacial score (nSPS) is 18.5.